The first kappa shape index (κ1) is 18.4. The summed E-state index contributed by atoms with van der Waals surface area (Å²) >= 11 is 11.9. The van der Waals surface area contributed by atoms with Crippen LogP contribution in [0.4, 0.5) is 5.69 Å². The van der Waals surface area contributed by atoms with E-state index in [0.717, 1.165) is 0 Å². The van der Waals surface area contributed by atoms with Crippen molar-refractivity contribution in [2.75, 3.05) is 11.9 Å². The van der Waals surface area contributed by atoms with E-state index in [9.17, 15) is 10.1 Å². The molecule has 124 valence electrons. The maximum atomic E-state index is 12.3. The van der Waals surface area contributed by atoms with Gasteiger partial charge in [0.1, 0.15) is 24.0 Å². The quantitative estimate of drug-likeness (QED) is 0.477. The lowest BCUT2D eigenvalue weighted by atomic mass is 10.1. The normalized spacial score (nSPS) is 10.5. The van der Waals surface area contributed by atoms with Gasteiger partial charge in [-0.05, 0) is 42.0 Å². The van der Waals surface area contributed by atoms with Crippen molar-refractivity contribution < 1.29 is 9.53 Å². The van der Waals surface area contributed by atoms with Gasteiger partial charge in [0, 0.05) is 5.02 Å². The van der Waals surface area contributed by atoms with Gasteiger partial charge in [-0.25, -0.2) is 0 Å². The van der Waals surface area contributed by atoms with Gasteiger partial charge in [0.25, 0.3) is 5.91 Å². The van der Waals surface area contributed by atoms with Crippen LogP contribution in [0, 0.1) is 23.7 Å². The number of amides is 1. The molecule has 0 aromatic heterocycles. The molecule has 1 amide bonds. The number of carbonyl (C=O) groups is 1. The van der Waals surface area contributed by atoms with Crippen LogP contribution in [-0.4, -0.2) is 12.5 Å². The summed E-state index contributed by atoms with van der Waals surface area (Å²) in [4.78, 5) is 12.3. The first-order valence-electron chi connectivity index (χ1n) is 7.08. The number of terminal acetylenes is 1. The number of anilines is 1. The standard InChI is InChI=1S/C19H12Cl2N2O2/c1-2-9-25-16-6-3-13(4-7-16)10-14(12-22)19(24)23-18-11-15(20)5-8-17(18)21/h1,3-8,10-11H,9H2,(H,23,24). The smallest absolute Gasteiger partial charge is 0.266 e. The van der Waals surface area contributed by atoms with E-state index in [2.05, 4.69) is 11.2 Å². The first-order valence-corrected chi connectivity index (χ1v) is 7.83. The molecule has 0 aliphatic carbocycles. The van der Waals surface area contributed by atoms with E-state index in [1.54, 1.807) is 36.4 Å². The molecule has 0 fully saturated rings. The molecule has 0 bridgehead atoms. The van der Waals surface area contributed by atoms with Gasteiger partial charge in [-0.1, -0.05) is 41.3 Å². The van der Waals surface area contributed by atoms with Gasteiger partial charge in [-0.15, -0.1) is 6.42 Å². The molecule has 6 heteroatoms. The van der Waals surface area contributed by atoms with Crippen molar-refractivity contribution in [2.45, 2.75) is 0 Å². The Morgan fingerprint density at radius 2 is 1.96 bits per heavy atom. The van der Waals surface area contributed by atoms with Crippen LogP contribution in [0.3, 0.4) is 0 Å². The Kier molecular flexibility index (Phi) is 6.48. The van der Waals surface area contributed by atoms with Gasteiger partial charge < -0.3 is 10.1 Å². The molecular formula is C19H12Cl2N2O2. The van der Waals surface area contributed by atoms with Gasteiger partial charge in [0.05, 0.1) is 10.7 Å². The highest BCUT2D eigenvalue weighted by molar-refractivity contribution is 6.36. The zero-order valence-electron chi connectivity index (χ0n) is 12.9. The molecule has 2 rings (SSSR count). The molecule has 1 N–H and O–H groups in total. The van der Waals surface area contributed by atoms with Crippen LogP contribution in [0.2, 0.25) is 10.0 Å². The minimum absolute atomic E-state index is 0.0756. The van der Waals surface area contributed by atoms with E-state index >= 15 is 0 Å². The average molecular weight is 371 g/mol. The van der Waals surface area contributed by atoms with Crippen molar-refractivity contribution in [3.05, 3.63) is 63.6 Å². The van der Waals surface area contributed by atoms with Crippen molar-refractivity contribution in [3.8, 4) is 24.2 Å². The number of ether oxygens (including phenoxy) is 1. The van der Waals surface area contributed by atoms with Crippen LogP contribution >= 0.6 is 23.2 Å². The molecule has 0 saturated carbocycles. The van der Waals surface area contributed by atoms with E-state index in [0.29, 0.717) is 27.0 Å². The van der Waals surface area contributed by atoms with Crippen LogP contribution in [0.1, 0.15) is 5.56 Å². The van der Waals surface area contributed by atoms with Gasteiger partial charge in [-0.2, -0.15) is 5.26 Å². The van der Waals surface area contributed by atoms with E-state index < -0.39 is 5.91 Å². The van der Waals surface area contributed by atoms with Crippen LogP contribution in [0.25, 0.3) is 6.08 Å². The summed E-state index contributed by atoms with van der Waals surface area (Å²) in [6.45, 7) is 0.168. The summed E-state index contributed by atoms with van der Waals surface area (Å²) in [6, 6.07) is 13.4. The lowest BCUT2D eigenvalue weighted by Crippen LogP contribution is -2.13. The molecule has 0 saturated heterocycles. The van der Waals surface area contributed by atoms with E-state index in [1.165, 1.54) is 12.1 Å². The number of nitrogens with one attached hydrogen (secondary N) is 1. The molecule has 0 radical (unpaired) electrons. The number of rotatable bonds is 5. The predicted molar refractivity (Wildman–Crippen MR) is 99.5 cm³/mol. The van der Waals surface area contributed by atoms with E-state index in [-0.39, 0.29) is 12.2 Å². The fourth-order valence-corrected chi connectivity index (χ4v) is 2.22. The summed E-state index contributed by atoms with van der Waals surface area (Å²) in [5, 5.41) is 12.6. The van der Waals surface area contributed by atoms with Crippen LogP contribution in [-0.2, 0) is 4.79 Å². The van der Waals surface area contributed by atoms with Crippen molar-refractivity contribution in [1.82, 2.24) is 0 Å². The molecule has 0 spiro atoms. The second kappa shape index (κ2) is 8.80. The Hall–Kier alpha value is -2.92. The maximum Gasteiger partial charge on any atom is 0.266 e. The molecule has 25 heavy (non-hydrogen) atoms. The summed E-state index contributed by atoms with van der Waals surface area (Å²) in [6.07, 6.45) is 6.58. The molecule has 0 aliphatic heterocycles. The number of nitrogens with zero attached hydrogens (tertiary/aromatic N) is 1. The highest BCUT2D eigenvalue weighted by Crippen LogP contribution is 2.26. The van der Waals surface area contributed by atoms with Gasteiger partial charge in [0.2, 0.25) is 0 Å². The SMILES string of the molecule is C#CCOc1ccc(C=C(C#N)C(=O)Nc2cc(Cl)ccc2Cl)cc1. The zero-order valence-corrected chi connectivity index (χ0v) is 14.4. The Labute approximate surface area is 155 Å². The Morgan fingerprint density at radius 1 is 1.24 bits per heavy atom. The second-order valence-electron chi connectivity index (χ2n) is 4.81. The molecular weight excluding hydrogens is 359 g/mol. The third-order valence-corrected chi connectivity index (χ3v) is 3.62. The van der Waals surface area contributed by atoms with E-state index in [4.69, 9.17) is 34.4 Å². The van der Waals surface area contributed by atoms with Crippen LogP contribution in [0.15, 0.2) is 48.0 Å². The van der Waals surface area contributed by atoms with Crippen LogP contribution in [0.5, 0.6) is 5.75 Å². The maximum absolute atomic E-state index is 12.3. The minimum Gasteiger partial charge on any atom is -0.481 e. The topological polar surface area (TPSA) is 62.1 Å². The molecule has 0 unspecified atom stereocenters. The third-order valence-electron chi connectivity index (χ3n) is 3.05. The molecule has 0 aliphatic rings. The number of carbonyl (C=O) groups excluding carboxylic acids is 1. The lowest BCUT2D eigenvalue weighted by molar-refractivity contribution is -0.112. The summed E-state index contributed by atoms with van der Waals surface area (Å²) in [7, 11) is 0. The predicted octanol–water partition coefficient (Wildman–Crippen LogP) is 4.55. The Balaban J connectivity index is 2.16. The number of halogens is 2. The average Bonchev–Trinajstić information content (AvgIpc) is 2.61. The summed E-state index contributed by atoms with van der Waals surface area (Å²) in [5.41, 5.74) is 0.920. The first-order chi connectivity index (χ1) is 12.0. The summed E-state index contributed by atoms with van der Waals surface area (Å²) in [5.74, 6) is 2.39. The molecule has 0 heterocycles. The fraction of sp³-hybridized carbons (Fsp3) is 0.0526. The highest BCUT2D eigenvalue weighted by Gasteiger charge is 2.12. The zero-order chi connectivity index (χ0) is 18.2. The monoisotopic (exact) mass is 370 g/mol. The Morgan fingerprint density at radius 3 is 2.60 bits per heavy atom. The Bertz CT molecular complexity index is 891. The van der Waals surface area contributed by atoms with Gasteiger partial charge in [-0.3, -0.25) is 4.79 Å². The minimum atomic E-state index is -0.584. The molecule has 2 aromatic rings. The molecule has 2 aromatic carbocycles. The number of nitriles is 1. The van der Waals surface area contributed by atoms with Gasteiger partial charge in [0.15, 0.2) is 0 Å². The van der Waals surface area contributed by atoms with Crippen LogP contribution < -0.4 is 10.1 Å². The third kappa shape index (κ3) is 5.29. The van der Waals surface area contributed by atoms with Crippen molar-refractivity contribution in [1.29, 1.82) is 5.26 Å². The summed E-state index contributed by atoms with van der Waals surface area (Å²) < 4.78 is 5.26. The molecule has 4 nitrogen and oxygen atoms in total. The van der Waals surface area contributed by atoms with Crippen molar-refractivity contribution >= 4 is 40.9 Å². The van der Waals surface area contributed by atoms with Crippen molar-refractivity contribution in [3.63, 3.8) is 0 Å². The molecule has 0 atom stereocenters. The lowest BCUT2D eigenvalue weighted by Gasteiger charge is -2.07. The van der Waals surface area contributed by atoms with Gasteiger partial charge >= 0.3 is 0 Å². The van der Waals surface area contributed by atoms with E-state index in [1.807, 2.05) is 6.07 Å². The second-order valence-corrected chi connectivity index (χ2v) is 5.65. The van der Waals surface area contributed by atoms with Crippen molar-refractivity contribution in [2.24, 2.45) is 0 Å². The fourth-order valence-electron chi connectivity index (χ4n) is 1.88. The highest BCUT2D eigenvalue weighted by atomic mass is 35.5. The number of hydrogen-bond donors (Lipinski definition) is 1. The largest absolute Gasteiger partial charge is 0.481 e. The number of benzene rings is 2. The number of hydrogen-bond acceptors (Lipinski definition) is 3.